The molecule has 0 fully saturated rings. The Kier molecular flexibility index (Phi) is 13.3. The molecule has 1 aromatic rings. The number of hydrogen-bond donors (Lipinski definition) is 1. The average Bonchev–Trinajstić information content (AvgIpc) is 1.90. The van der Waals surface area contributed by atoms with Gasteiger partial charge in [0.05, 0.1) is 4.90 Å². The summed E-state index contributed by atoms with van der Waals surface area (Å²) in [5.41, 5.74) is 0. The summed E-state index contributed by atoms with van der Waals surface area (Å²) in [6.45, 7) is 0. The van der Waals surface area contributed by atoms with Gasteiger partial charge in [0, 0.05) is 19.5 Å². The molecule has 1 aromatic carbocycles. The molecule has 66 valence electrons. The minimum absolute atomic E-state index is 0. The van der Waals surface area contributed by atoms with Crippen molar-refractivity contribution >= 4 is 11.1 Å². The van der Waals surface area contributed by atoms with Crippen molar-refractivity contribution in [3.63, 3.8) is 0 Å². The van der Waals surface area contributed by atoms with Crippen LogP contribution in [-0.4, -0.2) is 19.7 Å². The summed E-state index contributed by atoms with van der Waals surface area (Å²) in [7, 11) is 0. The molecule has 1 rings (SSSR count). The van der Waals surface area contributed by atoms with E-state index < -0.39 is 11.1 Å². The van der Waals surface area contributed by atoms with Crippen molar-refractivity contribution in [3.8, 4) is 0 Å². The van der Waals surface area contributed by atoms with E-state index in [9.17, 15) is 4.21 Å². The number of hydrogen-bond acceptors (Lipinski definition) is 1. The van der Waals surface area contributed by atoms with E-state index >= 15 is 0 Å². The third-order valence-corrected chi connectivity index (χ3v) is 1.62. The summed E-state index contributed by atoms with van der Waals surface area (Å²) in [4.78, 5) is 0.442. The third kappa shape index (κ3) is 5.51. The van der Waals surface area contributed by atoms with Crippen molar-refractivity contribution in [2.45, 2.75) is 4.90 Å². The molecule has 1 unspecified atom stereocenters. The van der Waals surface area contributed by atoms with Gasteiger partial charge in [-0.1, -0.05) is 18.2 Å². The Balaban J connectivity index is -0.000000270. The zero-order valence-corrected chi connectivity index (χ0v) is 10.1. The van der Waals surface area contributed by atoms with Crippen LogP contribution in [0.3, 0.4) is 0 Å². The molecule has 4 nitrogen and oxygen atoms in total. The first-order valence-corrected chi connectivity index (χ1v) is 3.57. The molecule has 12 heavy (non-hydrogen) atoms. The molecule has 0 aliphatic rings. The van der Waals surface area contributed by atoms with Crippen molar-refractivity contribution in [2.75, 3.05) is 0 Å². The molecule has 0 aliphatic heterocycles. The fraction of sp³-hybridized carbons (Fsp3) is 0. The van der Waals surface area contributed by atoms with Crippen molar-refractivity contribution in [3.05, 3.63) is 30.3 Å². The molecule has 0 spiro atoms. The van der Waals surface area contributed by atoms with Gasteiger partial charge in [-0.25, -0.2) is 4.21 Å². The minimum Gasteiger partial charge on any atom is -0.412 e. The van der Waals surface area contributed by atoms with Gasteiger partial charge in [0.25, 0.3) is 0 Å². The Morgan fingerprint density at radius 1 is 1.08 bits per heavy atom. The van der Waals surface area contributed by atoms with E-state index in [-0.39, 0.29) is 30.4 Å². The minimum atomic E-state index is -1.83. The smallest absolute Gasteiger partial charge is 0.186 e. The van der Waals surface area contributed by atoms with E-state index in [1.807, 2.05) is 0 Å². The largest absolute Gasteiger partial charge is 0.412 e. The van der Waals surface area contributed by atoms with Gasteiger partial charge in [0.2, 0.25) is 0 Å². The first-order valence-electron chi connectivity index (χ1n) is 2.46. The molecule has 0 bridgehead atoms. The fourth-order valence-corrected chi connectivity index (χ4v) is 0.927. The predicted molar refractivity (Wildman–Crippen MR) is 42.7 cm³/mol. The van der Waals surface area contributed by atoms with Gasteiger partial charge in [-0.15, -0.1) is 0 Å². The van der Waals surface area contributed by atoms with E-state index in [1.54, 1.807) is 30.3 Å². The van der Waals surface area contributed by atoms with Gasteiger partial charge < -0.3 is 15.5 Å². The first kappa shape index (κ1) is 17.8. The summed E-state index contributed by atoms with van der Waals surface area (Å²) in [5, 5.41) is 0. The SMILES string of the molecule is O.O.O=S(O)c1ccccc1.[Zn]. The fourth-order valence-electron chi connectivity index (χ4n) is 0.537. The van der Waals surface area contributed by atoms with E-state index in [2.05, 4.69) is 0 Å². The van der Waals surface area contributed by atoms with Crippen LogP contribution in [0, 0.1) is 0 Å². The molecule has 6 heteroatoms. The maximum absolute atomic E-state index is 10.3. The van der Waals surface area contributed by atoms with Gasteiger partial charge in [0.1, 0.15) is 0 Å². The van der Waals surface area contributed by atoms with Crippen molar-refractivity contribution in [1.29, 1.82) is 0 Å². The van der Waals surface area contributed by atoms with Crippen LogP contribution in [0.25, 0.3) is 0 Å². The normalized spacial score (nSPS) is 9.75. The molecular weight excluding hydrogens is 234 g/mol. The molecule has 0 saturated carbocycles. The Morgan fingerprint density at radius 3 is 1.75 bits per heavy atom. The van der Waals surface area contributed by atoms with E-state index in [1.165, 1.54) is 0 Å². The zero-order chi connectivity index (χ0) is 6.69. The van der Waals surface area contributed by atoms with Crippen LogP contribution in [-0.2, 0) is 30.6 Å². The van der Waals surface area contributed by atoms with Crippen molar-refractivity contribution in [2.24, 2.45) is 0 Å². The second-order valence-electron chi connectivity index (χ2n) is 1.56. The van der Waals surface area contributed by atoms with Crippen LogP contribution in [0.5, 0.6) is 0 Å². The van der Waals surface area contributed by atoms with Crippen molar-refractivity contribution in [1.82, 2.24) is 0 Å². The van der Waals surface area contributed by atoms with Gasteiger partial charge in [-0.05, 0) is 12.1 Å². The summed E-state index contributed by atoms with van der Waals surface area (Å²) in [6, 6.07) is 8.47. The molecule has 0 heterocycles. The quantitative estimate of drug-likeness (QED) is 0.537. The van der Waals surface area contributed by atoms with E-state index in [4.69, 9.17) is 4.55 Å². The standard InChI is InChI=1S/C6H6O2S.2H2O.Zn/c7-9(8)6-4-2-1-3-5-6;;;/h1-5H,(H,7,8);2*1H2;. The molecule has 0 radical (unpaired) electrons. The zero-order valence-electron chi connectivity index (χ0n) is 6.36. The van der Waals surface area contributed by atoms with Crippen LogP contribution >= 0.6 is 0 Å². The topological polar surface area (TPSA) is 100 Å². The van der Waals surface area contributed by atoms with Crippen LogP contribution < -0.4 is 0 Å². The van der Waals surface area contributed by atoms with Gasteiger partial charge >= 0.3 is 0 Å². The molecule has 1 atom stereocenters. The molecule has 5 N–H and O–H groups in total. The first-order chi connectivity index (χ1) is 4.30. The van der Waals surface area contributed by atoms with Gasteiger partial charge in [-0.2, -0.15) is 0 Å². The van der Waals surface area contributed by atoms with Gasteiger partial charge in [0.15, 0.2) is 11.1 Å². The van der Waals surface area contributed by atoms with Crippen LogP contribution in [0.1, 0.15) is 0 Å². The summed E-state index contributed by atoms with van der Waals surface area (Å²) < 4.78 is 18.8. The Hall–Kier alpha value is -0.127. The van der Waals surface area contributed by atoms with E-state index in [0.717, 1.165) is 0 Å². The molecular formula is C6H10O4SZn. The summed E-state index contributed by atoms with van der Waals surface area (Å²) in [6.07, 6.45) is 0. The second-order valence-corrected chi connectivity index (χ2v) is 2.53. The summed E-state index contributed by atoms with van der Waals surface area (Å²) >= 11 is -1.83. The third-order valence-electron chi connectivity index (χ3n) is 0.945. The Labute approximate surface area is 85.7 Å². The molecule has 0 aromatic heterocycles. The Morgan fingerprint density at radius 2 is 1.50 bits per heavy atom. The van der Waals surface area contributed by atoms with E-state index in [0.29, 0.717) is 4.90 Å². The Bertz CT molecular complexity index is 216. The molecule has 0 aliphatic carbocycles. The maximum atomic E-state index is 10.3. The average molecular weight is 244 g/mol. The number of rotatable bonds is 1. The molecule has 0 amide bonds. The van der Waals surface area contributed by atoms with Gasteiger partial charge in [-0.3, -0.25) is 0 Å². The summed E-state index contributed by atoms with van der Waals surface area (Å²) in [5.74, 6) is 0. The maximum Gasteiger partial charge on any atom is 0.186 e. The van der Waals surface area contributed by atoms with Crippen LogP contribution in [0.15, 0.2) is 35.2 Å². The molecule has 0 saturated heterocycles. The number of benzene rings is 1. The predicted octanol–water partition coefficient (Wildman–Crippen LogP) is -0.385. The second kappa shape index (κ2) is 8.97. The monoisotopic (exact) mass is 242 g/mol. The van der Waals surface area contributed by atoms with Crippen LogP contribution in [0.2, 0.25) is 0 Å². The van der Waals surface area contributed by atoms with Crippen LogP contribution in [0.4, 0.5) is 0 Å². The van der Waals surface area contributed by atoms with Crippen molar-refractivity contribution < 1.29 is 39.2 Å².